The molecule has 1 aromatic rings. The van der Waals surface area contributed by atoms with Gasteiger partial charge in [-0.25, -0.2) is 4.79 Å². The molecule has 1 aromatic heterocycles. The van der Waals surface area contributed by atoms with Crippen LogP contribution in [-0.2, 0) is 11.3 Å². The summed E-state index contributed by atoms with van der Waals surface area (Å²) in [5, 5.41) is 21.6. The van der Waals surface area contributed by atoms with Gasteiger partial charge in [-0.3, -0.25) is 4.79 Å². The molecule has 104 valence electrons. The van der Waals surface area contributed by atoms with Gasteiger partial charge in [0.25, 0.3) is 0 Å². The third kappa shape index (κ3) is 5.33. The average molecular weight is 266 g/mol. The maximum Gasteiger partial charge on any atom is 0.315 e. The number of carboxylic acids is 1. The highest BCUT2D eigenvalue weighted by atomic mass is 16.4. The van der Waals surface area contributed by atoms with Crippen LogP contribution in [0.1, 0.15) is 19.5 Å². The van der Waals surface area contributed by atoms with Crippen LogP contribution in [0.4, 0.5) is 4.79 Å². The van der Waals surface area contributed by atoms with E-state index in [9.17, 15) is 9.59 Å². The van der Waals surface area contributed by atoms with Gasteiger partial charge in [0.2, 0.25) is 0 Å². The van der Waals surface area contributed by atoms with Gasteiger partial charge in [0.1, 0.15) is 0 Å². The summed E-state index contributed by atoms with van der Waals surface area (Å²) in [4.78, 5) is 22.4. The molecule has 0 aliphatic rings. The molecule has 0 saturated heterocycles. The fourth-order valence-electron chi connectivity index (χ4n) is 1.47. The molecule has 2 amide bonds. The van der Waals surface area contributed by atoms with Crippen molar-refractivity contribution in [2.45, 2.75) is 20.4 Å². The Kier molecular flexibility index (Phi) is 5.72. The van der Waals surface area contributed by atoms with Crippen molar-refractivity contribution in [3.8, 4) is 0 Å². The minimum absolute atomic E-state index is 0.0437. The molecule has 0 aromatic carbocycles. The minimum Gasteiger partial charge on any atom is -0.481 e. The molecular formula is C12H18N4O3. The van der Waals surface area contributed by atoms with E-state index in [1.165, 1.54) is 0 Å². The fraction of sp³-hybridized carbons (Fsp3) is 0.500. The first kappa shape index (κ1) is 14.9. The number of hydrogen-bond donors (Lipinski definition) is 3. The molecular weight excluding hydrogens is 248 g/mol. The number of nitrogens with one attached hydrogen (secondary N) is 2. The maximum absolute atomic E-state index is 11.5. The van der Waals surface area contributed by atoms with E-state index in [0.717, 1.165) is 0 Å². The average Bonchev–Trinajstić information content (AvgIpc) is 2.37. The molecule has 0 bridgehead atoms. The van der Waals surface area contributed by atoms with Gasteiger partial charge in [-0.1, -0.05) is 13.8 Å². The summed E-state index contributed by atoms with van der Waals surface area (Å²) in [7, 11) is 0. The van der Waals surface area contributed by atoms with Crippen LogP contribution in [-0.4, -0.2) is 33.8 Å². The predicted octanol–water partition coefficient (Wildman–Crippen LogP) is 0.633. The quantitative estimate of drug-likeness (QED) is 0.700. The molecule has 3 N–H and O–H groups in total. The smallest absolute Gasteiger partial charge is 0.315 e. The van der Waals surface area contributed by atoms with E-state index < -0.39 is 17.9 Å². The summed E-state index contributed by atoms with van der Waals surface area (Å²) in [6.45, 7) is 3.95. The number of amides is 2. The first-order chi connectivity index (χ1) is 9.00. The van der Waals surface area contributed by atoms with Crippen molar-refractivity contribution in [3.63, 3.8) is 0 Å². The summed E-state index contributed by atoms with van der Waals surface area (Å²) in [5.74, 6) is -1.55. The number of rotatable bonds is 6. The van der Waals surface area contributed by atoms with E-state index >= 15 is 0 Å². The molecule has 7 heteroatoms. The van der Waals surface area contributed by atoms with Crippen molar-refractivity contribution < 1.29 is 14.7 Å². The summed E-state index contributed by atoms with van der Waals surface area (Å²) >= 11 is 0. The third-order valence-corrected chi connectivity index (χ3v) is 2.66. The van der Waals surface area contributed by atoms with Crippen LogP contribution in [0.3, 0.4) is 0 Å². The summed E-state index contributed by atoms with van der Waals surface area (Å²) < 4.78 is 0. The van der Waals surface area contributed by atoms with Crippen molar-refractivity contribution in [1.82, 2.24) is 20.8 Å². The van der Waals surface area contributed by atoms with Crippen LogP contribution in [0.15, 0.2) is 18.3 Å². The van der Waals surface area contributed by atoms with Gasteiger partial charge >= 0.3 is 12.0 Å². The van der Waals surface area contributed by atoms with Gasteiger partial charge in [0.15, 0.2) is 0 Å². The van der Waals surface area contributed by atoms with Crippen molar-refractivity contribution in [2.75, 3.05) is 6.54 Å². The van der Waals surface area contributed by atoms with Crippen LogP contribution in [0, 0.1) is 11.8 Å². The van der Waals surface area contributed by atoms with E-state index in [4.69, 9.17) is 5.11 Å². The van der Waals surface area contributed by atoms with Gasteiger partial charge in [0.05, 0.1) is 18.2 Å². The molecule has 0 aliphatic carbocycles. The van der Waals surface area contributed by atoms with Crippen molar-refractivity contribution >= 4 is 12.0 Å². The normalized spacial score (nSPS) is 11.9. The summed E-state index contributed by atoms with van der Waals surface area (Å²) in [6, 6.07) is 3.04. The van der Waals surface area contributed by atoms with Crippen LogP contribution in [0.25, 0.3) is 0 Å². The van der Waals surface area contributed by atoms with Crippen LogP contribution < -0.4 is 10.6 Å². The zero-order valence-electron chi connectivity index (χ0n) is 11.0. The molecule has 0 spiro atoms. The van der Waals surface area contributed by atoms with Crippen molar-refractivity contribution in [3.05, 3.63) is 24.0 Å². The van der Waals surface area contributed by atoms with E-state index in [1.807, 2.05) is 0 Å². The molecule has 0 aliphatic heterocycles. The van der Waals surface area contributed by atoms with E-state index in [1.54, 1.807) is 32.2 Å². The number of aliphatic carboxylic acids is 1. The van der Waals surface area contributed by atoms with E-state index in [-0.39, 0.29) is 19.0 Å². The first-order valence-electron chi connectivity index (χ1n) is 6.01. The zero-order valence-corrected chi connectivity index (χ0v) is 11.0. The molecule has 0 saturated carbocycles. The van der Waals surface area contributed by atoms with Gasteiger partial charge < -0.3 is 15.7 Å². The van der Waals surface area contributed by atoms with E-state index in [0.29, 0.717) is 5.69 Å². The maximum atomic E-state index is 11.5. The topological polar surface area (TPSA) is 104 Å². The number of carbonyl (C=O) groups excluding carboxylic acids is 1. The lowest BCUT2D eigenvalue weighted by Gasteiger charge is -2.16. The minimum atomic E-state index is -0.913. The van der Waals surface area contributed by atoms with Crippen LogP contribution in [0.2, 0.25) is 0 Å². The molecule has 1 heterocycles. The monoisotopic (exact) mass is 266 g/mol. The molecule has 19 heavy (non-hydrogen) atoms. The second-order valence-corrected chi connectivity index (χ2v) is 4.47. The van der Waals surface area contributed by atoms with Gasteiger partial charge in [0, 0.05) is 12.7 Å². The molecule has 7 nitrogen and oxygen atoms in total. The highest BCUT2D eigenvalue weighted by Gasteiger charge is 2.21. The predicted molar refractivity (Wildman–Crippen MR) is 68.2 cm³/mol. The zero-order chi connectivity index (χ0) is 14.3. The third-order valence-electron chi connectivity index (χ3n) is 2.66. The van der Waals surface area contributed by atoms with Crippen LogP contribution in [0.5, 0.6) is 0 Å². The Hall–Kier alpha value is -2.18. The fourth-order valence-corrected chi connectivity index (χ4v) is 1.47. The first-order valence-corrected chi connectivity index (χ1v) is 6.01. The summed E-state index contributed by atoms with van der Waals surface area (Å²) in [5.41, 5.74) is 0.635. The number of aromatic nitrogens is 2. The van der Waals surface area contributed by atoms with Crippen LogP contribution >= 0.6 is 0 Å². The molecule has 1 rings (SSSR count). The SMILES string of the molecule is CC(C)C(CNC(=O)NCc1cccnn1)C(=O)O. The van der Waals surface area contributed by atoms with E-state index in [2.05, 4.69) is 20.8 Å². The Bertz CT molecular complexity index is 422. The number of carbonyl (C=O) groups is 2. The second-order valence-electron chi connectivity index (χ2n) is 4.47. The molecule has 1 unspecified atom stereocenters. The van der Waals surface area contributed by atoms with Crippen molar-refractivity contribution in [1.29, 1.82) is 0 Å². The van der Waals surface area contributed by atoms with Gasteiger partial charge in [-0.15, -0.1) is 0 Å². The highest BCUT2D eigenvalue weighted by molar-refractivity contribution is 5.75. The highest BCUT2D eigenvalue weighted by Crippen LogP contribution is 2.09. The van der Waals surface area contributed by atoms with Crippen molar-refractivity contribution in [2.24, 2.45) is 11.8 Å². The number of urea groups is 1. The van der Waals surface area contributed by atoms with Gasteiger partial charge in [-0.2, -0.15) is 10.2 Å². The molecule has 0 fully saturated rings. The summed E-state index contributed by atoms with van der Waals surface area (Å²) in [6.07, 6.45) is 1.55. The molecule has 1 atom stereocenters. The Labute approximate surface area is 111 Å². The lowest BCUT2D eigenvalue weighted by atomic mass is 9.96. The number of carboxylic acid groups (broad SMARTS) is 1. The standard InChI is InChI=1S/C12H18N4O3/c1-8(2)10(11(17)18)7-14-12(19)13-6-9-4-3-5-15-16-9/h3-5,8,10H,6-7H2,1-2H3,(H,17,18)(H2,13,14,19). The Morgan fingerprint density at radius 2 is 2.11 bits per heavy atom. The Morgan fingerprint density at radius 3 is 2.63 bits per heavy atom. The Morgan fingerprint density at radius 1 is 1.37 bits per heavy atom. The Balaban J connectivity index is 2.33. The van der Waals surface area contributed by atoms with Gasteiger partial charge in [-0.05, 0) is 18.1 Å². The number of hydrogen-bond acceptors (Lipinski definition) is 4. The number of nitrogens with zero attached hydrogens (tertiary/aromatic N) is 2. The largest absolute Gasteiger partial charge is 0.481 e. The second kappa shape index (κ2) is 7.30. The lowest BCUT2D eigenvalue weighted by Crippen LogP contribution is -2.41. The lowest BCUT2D eigenvalue weighted by molar-refractivity contribution is -0.142. The molecule has 0 radical (unpaired) electrons.